The van der Waals surface area contributed by atoms with Crippen LogP contribution in [0.15, 0.2) is 30.3 Å². The molecule has 0 unspecified atom stereocenters. The van der Waals surface area contributed by atoms with Crippen molar-refractivity contribution in [2.24, 2.45) is 17.6 Å². The fourth-order valence-corrected chi connectivity index (χ4v) is 5.98. The third-order valence-corrected chi connectivity index (χ3v) is 7.78. The number of nitrogens with one attached hydrogen (secondary N) is 2. The second-order valence-electron chi connectivity index (χ2n) is 9.23. The average molecular weight is 497 g/mol. The molecule has 4 aliphatic rings. The van der Waals surface area contributed by atoms with Crippen molar-refractivity contribution >= 4 is 40.9 Å². The van der Waals surface area contributed by atoms with Gasteiger partial charge in [0.05, 0.1) is 24.1 Å². The molecule has 0 saturated carbocycles. The van der Waals surface area contributed by atoms with Crippen molar-refractivity contribution in [3.05, 3.63) is 52.0 Å². The molecule has 35 heavy (non-hydrogen) atoms. The van der Waals surface area contributed by atoms with E-state index in [1.807, 2.05) is 0 Å². The Hall–Kier alpha value is -3.63. The molecule has 0 bridgehead atoms. The van der Waals surface area contributed by atoms with Gasteiger partial charge in [0, 0.05) is 23.0 Å². The molecule has 4 aliphatic heterocycles. The molecule has 11 heteroatoms. The summed E-state index contributed by atoms with van der Waals surface area (Å²) in [5.74, 6) is -2.92. The Kier molecular flexibility index (Phi) is 4.64. The number of nitrogens with zero attached hydrogens (tertiary/aromatic N) is 1. The molecule has 4 N–H and O–H groups in total. The number of hydrogen-bond donors (Lipinski definition) is 3. The van der Waals surface area contributed by atoms with E-state index < -0.39 is 47.0 Å². The minimum atomic E-state index is -1.52. The number of halogens is 1. The van der Waals surface area contributed by atoms with E-state index in [0.717, 1.165) is 4.90 Å². The van der Waals surface area contributed by atoms with Crippen molar-refractivity contribution in [3.8, 4) is 11.5 Å². The van der Waals surface area contributed by atoms with Crippen molar-refractivity contribution in [1.82, 2.24) is 10.2 Å². The first kappa shape index (κ1) is 21.9. The summed E-state index contributed by atoms with van der Waals surface area (Å²) in [6.07, 6.45) is -0.199. The molecule has 0 aromatic heterocycles. The number of benzene rings is 2. The Morgan fingerprint density at radius 1 is 1.17 bits per heavy atom. The third-order valence-electron chi connectivity index (χ3n) is 7.37. The number of carbonyl (C=O) groups is 4. The van der Waals surface area contributed by atoms with Gasteiger partial charge in [-0.3, -0.25) is 29.4 Å². The fraction of sp³-hybridized carbons (Fsp3) is 0.333. The zero-order valence-electron chi connectivity index (χ0n) is 18.6. The molecule has 2 aromatic rings. The van der Waals surface area contributed by atoms with Crippen LogP contribution in [0, 0.1) is 18.8 Å². The van der Waals surface area contributed by atoms with Crippen LogP contribution in [-0.4, -0.2) is 41.4 Å². The van der Waals surface area contributed by atoms with Gasteiger partial charge in [0.15, 0.2) is 11.5 Å². The zero-order chi connectivity index (χ0) is 24.6. The highest BCUT2D eigenvalue weighted by Gasteiger charge is 2.70. The van der Waals surface area contributed by atoms with Crippen LogP contribution in [0.2, 0.25) is 5.02 Å². The standard InChI is InChI=1S/C24H21ClN4O6/c1-10-13(25)4-3-12-20(10)27-23(33)24(12)19-18(14(28-24)7-17(26)30)21(31)29(22(19)32)8-11-2-5-15-16(6-11)35-9-34-15/h2-6,14,18-19,28H,7-9H2,1H3,(H2,26,30)(H,27,33)/t14-,18-,19+,24+/m1/s1. The molecular weight excluding hydrogens is 476 g/mol. The van der Waals surface area contributed by atoms with E-state index in [9.17, 15) is 19.2 Å². The number of primary amides is 1. The van der Waals surface area contributed by atoms with Crippen LogP contribution in [0.25, 0.3) is 0 Å². The summed E-state index contributed by atoms with van der Waals surface area (Å²) in [5, 5.41) is 6.47. The number of anilines is 1. The van der Waals surface area contributed by atoms with E-state index >= 15 is 0 Å². The van der Waals surface area contributed by atoms with Gasteiger partial charge in [-0.15, -0.1) is 0 Å². The van der Waals surface area contributed by atoms with E-state index in [1.54, 1.807) is 37.3 Å². The number of fused-ring (bicyclic) bond motifs is 5. The average Bonchev–Trinajstić information content (AvgIpc) is 3.53. The molecule has 2 aromatic carbocycles. The summed E-state index contributed by atoms with van der Waals surface area (Å²) >= 11 is 6.27. The number of rotatable bonds is 4. The Bertz CT molecular complexity index is 1350. The molecule has 4 atom stereocenters. The van der Waals surface area contributed by atoms with E-state index in [0.29, 0.717) is 38.9 Å². The van der Waals surface area contributed by atoms with Crippen molar-refractivity contribution in [1.29, 1.82) is 0 Å². The maximum absolute atomic E-state index is 13.8. The number of imide groups is 1. The van der Waals surface area contributed by atoms with E-state index in [-0.39, 0.29) is 19.8 Å². The molecule has 0 radical (unpaired) electrons. The Labute approximate surface area is 204 Å². The quantitative estimate of drug-likeness (QED) is 0.540. The molecule has 2 fully saturated rings. The summed E-state index contributed by atoms with van der Waals surface area (Å²) in [6, 6.07) is 7.73. The molecule has 180 valence electrons. The summed E-state index contributed by atoms with van der Waals surface area (Å²) in [6.45, 7) is 1.86. The lowest BCUT2D eigenvalue weighted by atomic mass is 9.76. The second-order valence-corrected chi connectivity index (χ2v) is 9.64. The molecule has 0 aliphatic carbocycles. The van der Waals surface area contributed by atoms with E-state index in [1.165, 1.54) is 0 Å². The Morgan fingerprint density at radius 3 is 2.71 bits per heavy atom. The first-order chi connectivity index (χ1) is 16.7. The van der Waals surface area contributed by atoms with Gasteiger partial charge in [0.25, 0.3) is 0 Å². The number of amides is 4. The largest absolute Gasteiger partial charge is 0.454 e. The van der Waals surface area contributed by atoms with Crippen molar-refractivity contribution in [2.75, 3.05) is 12.1 Å². The van der Waals surface area contributed by atoms with Crippen LogP contribution in [0.1, 0.15) is 23.1 Å². The Morgan fingerprint density at radius 2 is 1.94 bits per heavy atom. The molecule has 6 rings (SSSR count). The predicted molar refractivity (Wildman–Crippen MR) is 122 cm³/mol. The van der Waals surface area contributed by atoms with Crippen molar-refractivity contribution < 1.29 is 28.7 Å². The maximum atomic E-state index is 13.8. The predicted octanol–water partition coefficient (Wildman–Crippen LogP) is 1.17. The second kappa shape index (κ2) is 7.43. The molecular formula is C24H21ClN4O6. The minimum absolute atomic E-state index is 0.00516. The third kappa shape index (κ3) is 2.93. The summed E-state index contributed by atoms with van der Waals surface area (Å²) in [4.78, 5) is 53.9. The smallest absolute Gasteiger partial charge is 0.250 e. The lowest BCUT2D eigenvalue weighted by Crippen LogP contribution is -2.53. The highest BCUT2D eigenvalue weighted by molar-refractivity contribution is 6.32. The number of likely N-dealkylation sites (tertiary alicyclic amines) is 1. The Balaban J connectivity index is 1.43. The van der Waals surface area contributed by atoms with Crippen LogP contribution in [0.3, 0.4) is 0 Å². The van der Waals surface area contributed by atoms with Gasteiger partial charge >= 0.3 is 0 Å². The molecule has 1 spiro atoms. The van der Waals surface area contributed by atoms with E-state index in [4.69, 9.17) is 26.8 Å². The van der Waals surface area contributed by atoms with Gasteiger partial charge in [-0.05, 0) is 36.2 Å². The van der Waals surface area contributed by atoms with Gasteiger partial charge < -0.3 is 20.5 Å². The number of ether oxygens (including phenoxy) is 2. The molecule has 4 amide bonds. The lowest BCUT2D eigenvalue weighted by Gasteiger charge is -2.29. The minimum Gasteiger partial charge on any atom is -0.454 e. The van der Waals surface area contributed by atoms with E-state index in [2.05, 4.69) is 10.6 Å². The van der Waals surface area contributed by atoms with Crippen molar-refractivity contribution in [2.45, 2.75) is 31.5 Å². The SMILES string of the molecule is Cc1c(Cl)ccc2c1NC(=O)[C@]21N[C@H](CC(N)=O)[C@H]2C(=O)N(Cc3ccc4c(c3)OCO4)C(=O)[C@H]21. The molecule has 2 saturated heterocycles. The maximum Gasteiger partial charge on any atom is 0.250 e. The first-order valence-corrected chi connectivity index (χ1v) is 11.5. The van der Waals surface area contributed by atoms with Gasteiger partial charge in [-0.25, -0.2) is 0 Å². The van der Waals surface area contributed by atoms with Crippen LogP contribution in [0.4, 0.5) is 5.69 Å². The lowest BCUT2D eigenvalue weighted by molar-refractivity contribution is -0.143. The summed E-state index contributed by atoms with van der Waals surface area (Å²) in [7, 11) is 0. The molecule has 4 heterocycles. The summed E-state index contributed by atoms with van der Waals surface area (Å²) in [5.41, 5.74) is 6.30. The molecule has 10 nitrogen and oxygen atoms in total. The summed E-state index contributed by atoms with van der Waals surface area (Å²) < 4.78 is 10.7. The van der Waals surface area contributed by atoms with Crippen LogP contribution in [0.5, 0.6) is 11.5 Å². The number of hydrogen-bond acceptors (Lipinski definition) is 7. The van der Waals surface area contributed by atoms with Gasteiger partial charge in [0.1, 0.15) is 5.54 Å². The van der Waals surface area contributed by atoms with Crippen molar-refractivity contribution in [3.63, 3.8) is 0 Å². The first-order valence-electron chi connectivity index (χ1n) is 11.1. The zero-order valence-corrected chi connectivity index (χ0v) is 19.3. The topological polar surface area (TPSA) is 140 Å². The normalized spacial score (nSPS) is 28.0. The monoisotopic (exact) mass is 496 g/mol. The number of carbonyl (C=O) groups excluding carboxylic acids is 4. The van der Waals surface area contributed by atoms with Gasteiger partial charge in [-0.2, -0.15) is 0 Å². The highest BCUT2D eigenvalue weighted by Crippen LogP contribution is 2.54. The number of nitrogens with two attached hydrogens (primary N) is 1. The van der Waals surface area contributed by atoms with Gasteiger partial charge in [-0.1, -0.05) is 23.7 Å². The van der Waals surface area contributed by atoms with Crippen LogP contribution >= 0.6 is 11.6 Å². The van der Waals surface area contributed by atoms with Crippen LogP contribution in [-0.2, 0) is 31.3 Å². The fourth-order valence-electron chi connectivity index (χ4n) is 5.82. The highest BCUT2D eigenvalue weighted by atomic mass is 35.5. The van der Waals surface area contributed by atoms with Crippen LogP contribution < -0.4 is 25.8 Å². The van der Waals surface area contributed by atoms with Gasteiger partial charge in [0.2, 0.25) is 30.4 Å².